The second-order valence-electron chi connectivity index (χ2n) is 6.34. The van der Waals surface area contributed by atoms with Crippen molar-refractivity contribution in [3.8, 4) is 0 Å². The predicted molar refractivity (Wildman–Crippen MR) is 97.3 cm³/mol. The van der Waals surface area contributed by atoms with E-state index in [2.05, 4.69) is 25.9 Å². The lowest BCUT2D eigenvalue weighted by molar-refractivity contribution is 0.0695. The Bertz CT molecular complexity index is 802. The van der Waals surface area contributed by atoms with Crippen LogP contribution in [0.1, 0.15) is 48.0 Å². The fourth-order valence-corrected chi connectivity index (χ4v) is 4.14. The average Bonchev–Trinajstić information content (AvgIpc) is 2.51. The van der Waals surface area contributed by atoms with Gasteiger partial charge in [-0.3, -0.25) is 4.90 Å². The van der Waals surface area contributed by atoms with E-state index in [1.165, 1.54) is 6.07 Å². The van der Waals surface area contributed by atoms with Gasteiger partial charge in [0.2, 0.25) is 11.9 Å². The molecule has 1 aliphatic carbocycles. The van der Waals surface area contributed by atoms with E-state index in [1.807, 2.05) is 0 Å². The summed E-state index contributed by atoms with van der Waals surface area (Å²) in [6, 6.07) is 1.28. The van der Waals surface area contributed by atoms with Gasteiger partial charge in [-0.1, -0.05) is 6.42 Å². The Balaban J connectivity index is 2.28. The maximum Gasteiger partial charge on any atom is 0.339 e. The third-order valence-corrected chi connectivity index (χ3v) is 5.45. The van der Waals surface area contributed by atoms with E-state index >= 15 is 0 Å². The SMILES string of the molecule is Cc1cc(F)c(Br)c(C(=O)O)c1N1C(N)=NC(N)=NC12CCCCC2. The van der Waals surface area contributed by atoms with E-state index < -0.39 is 17.4 Å². The normalized spacial score (nSPS) is 19.6. The maximum atomic E-state index is 14.1. The lowest BCUT2D eigenvalue weighted by atomic mass is 9.86. The Morgan fingerprint density at radius 2 is 2.00 bits per heavy atom. The summed E-state index contributed by atoms with van der Waals surface area (Å²) in [6.45, 7) is 1.64. The van der Waals surface area contributed by atoms with Crippen LogP contribution in [0.5, 0.6) is 0 Å². The molecule has 1 aliphatic heterocycles. The molecule has 0 aromatic heterocycles. The van der Waals surface area contributed by atoms with Crippen molar-refractivity contribution in [1.29, 1.82) is 0 Å². The van der Waals surface area contributed by atoms with Crippen molar-refractivity contribution >= 4 is 39.5 Å². The monoisotopic (exact) mass is 411 g/mol. The van der Waals surface area contributed by atoms with Gasteiger partial charge < -0.3 is 16.6 Å². The molecule has 1 saturated carbocycles. The maximum absolute atomic E-state index is 14.1. The van der Waals surface area contributed by atoms with Crippen LogP contribution in [0.4, 0.5) is 10.1 Å². The van der Waals surface area contributed by atoms with Gasteiger partial charge in [-0.25, -0.2) is 14.2 Å². The number of carboxylic acid groups (broad SMARTS) is 1. The number of aliphatic imine (C=N–C) groups is 2. The number of rotatable bonds is 2. The summed E-state index contributed by atoms with van der Waals surface area (Å²) in [5.41, 5.74) is 11.7. The van der Waals surface area contributed by atoms with Gasteiger partial charge in [0.25, 0.3) is 0 Å². The molecule has 0 bridgehead atoms. The van der Waals surface area contributed by atoms with Crippen LogP contribution in [0.25, 0.3) is 0 Å². The number of nitrogens with two attached hydrogens (primary N) is 2. The molecular formula is C16H19BrFN5O2. The Morgan fingerprint density at radius 3 is 2.60 bits per heavy atom. The van der Waals surface area contributed by atoms with Crippen LogP contribution in [0.2, 0.25) is 0 Å². The molecule has 3 rings (SSSR count). The number of aryl methyl sites for hydroxylation is 1. The minimum absolute atomic E-state index is 0.0681. The zero-order valence-electron chi connectivity index (χ0n) is 13.7. The molecule has 25 heavy (non-hydrogen) atoms. The molecule has 1 aromatic rings. The first-order valence-corrected chi connectivity index (χ1v) is 8.78. The van der Waals surface area contributed by atoms with Crippen molar-refractivity contribution in [2.75, 3.05) is 4.90 Å². The molecule has 134 valence electrons. The van der Waals surface area contributed by atoms with Crippen LogP contribution in [0.3, 0.4) is 0 Å². The number of aromatic carboxylic acids is 1. The molecule has 9 heteroatoms. The summed E-state index contributed by atoms with van der Waals surface area (Å²) in [6.07, 6.45) is 4.20. The topological polar surface area (TPSA) is 117 Å². The van der Waals surface area contributed by atoms with Crippen molar-refractivity contribution in [2.45, 2.75) is 44.7 Å². The number of carbonyl (C=O) groups is 1. The van der Waals surface area contributed by atoms with Gasteiger partial charge in [-0.2, -0.15) is 4.99 Å². The minimum Gasteiger partial charge on any atom is -0.478 e. The summed E-state index contributed by atoms with van der Waals surface area (Å²) in [5.74, 6) is -1.76. The van der Waals surface area contributed by atoms with Gasteiger partial charge in [-0.15, -0.1) is 0 Å². The Morgan fingerprint density at radius 1 is 1.36 bits per heavy atom. The molecule has 0 amide bonds. The minimum atomic E-state index is -1.26. The van der Waals surface area contributed by atoms with Crippen LogP contribution >= 0.6 is 15.9 Å². The zero-order valence-corrected chi connectivity index (χ0v) is 15.3. The number of hydrogen-bond acceptors (Lipinski definition) is 6. The number of benzene rings is 1. The molecule has 2 aliphatic rings. The smallest absolute Gasteiger partial charge is 0.339 e. The third kappa shape index (κ3) is 2.86. The highest BCUT2D eigenvalue weighted by molar-refractivity contribution is 9.10. The first-order valence-electron chi connectivity index (χ1n) is 7.98. The largest absolute Gasteiger partial charge is 0.478 e. The fourth-order valence-electron chi connectivity index (χ4n) is 3.67. The summed E-state index contributed by atoms with van der Waals surface area (Å²) in [5, 5.41) is 9.69. The van der Waals surface area contributed by atoms with Crippen LogP contribution < -0.4 is 16.4 Å². The lowest BCUT2D eigenvalue weighted by Crippen LogP contribution is -2.59. The second kappa shape index (κ2) is 6.29. The Labute approximate surface area is 152 Å². The van der Waals surface area contributed by atoms with Crippen LogP contribution in [0.15, 0.2) is 20.5 Å². The molecule has 0 atom stereocenters. The standard InChI is InChI=1S/C16H19BrFN5O2/c1-8-7-9(18)11(17)10(13(24)25)12(8)23-15(20)21-14(19)22-16(23)5-3-2-4-6-16/h7H,2-6H2,1H3,(H,24,25)(H4,19,20,21,22). The first-order chi connectivity index (χ1) is 11.8. The van der Waals surface area contributed by atoms with E-state index in [0.29, 0.717) is 24.1 Å². The van der Waals surface area contributed by atoms with Crippen LogP contribution in [-0.4, -0.2) is 28.7 Å². The van der Waals surface area contributed by atoms with Gasteiger partial charge in [-0.05, 0) is 60.2 Å². The van der Waals surface area contributed by atoms with Crippen molar-refractivity contribution in [3.63, 3.8) is 0 Å². The highest BCUT2D eigenvalue weighted by Gasteiger charge is 2.44. The number of nitrogens with zero attached hydrogens (tertiary/aromatic N) is 3. The van der Waals surface area contributed by atoms with Crippen molar-refractivity contribution in [2.24, 2.45) is 21.5 Å². The van der Waals surface area contributed by atoms with Gasteiger partial charge in [0.1, 0.15) is 17.0 Å². The Hall–Kier alpha value is -2.16. The molecule has 1 heterocycles. The molecule has 1 spiro atoms. The van der Waals surface area contributed by atoms with Crippen molar-refractivity contribution in [1.82, 2.24) is 0 Å². The fraction of sp³-hybridized carbons (Fsp3) is 0.438. The third-order valence-electron chi connectivity index (χ3n) is 4.67. The molecule has 0 saturated heterocycles. The van der Waals surface area contributed by atoms with Crippen molar-refractivity contribution < 1.29 is 14.3 Å². The van der Waals surface area contributed by atoms with E-state index in [0.717, 1.165) is 19.3 Å². The van der Waals surface area contributed by atoms with E-state index in [-0.39, 0.29) is 22.0 Å². The van der Waals surface area contributed by atoms with E-state index in [1.54, 1.807) is 11.8 Å². The van der Waals surface area contributed by atoms with Gasteiger partial charge in [0, 0.05) is 0 Å². The summed E-state index contributed by atoms with van der Waals surface area (Å²) in [4.78, 5) is 22.0. The molecule has 0 unspecified atom stereocenters. The highest BCUT2D eigenvalue weighted by Crippen LogP contribution is 2.43. The molecule has 0 radical (unpaired) electrons. The molecule has 1 aromatic carbocycles. The lowest BCUT2D eigenvalue weighted by Gasteiger charge is -2.46. The van der Waals surface area contributed by atoms with Crippen molar-refractivity contribution in [3.05, 3.63) is 27.5 Å². The summed E-state index contributed by atoms with van der Waals surface area (Å²) >= 11 is 3.05. The molecule has 7 nitrogen and oxygen atoms in total. The number of anilines is 1. The molecule has 1 fully saturated rings. The van der Waals surface area contributed by atoms with E-state index in [4.69, 9.17) is 11.5 Å². The quantitative estimate of drug-likeness (QED) is 0.691. The molecular weight excluding hydrogens is 393 g/mol. The van der Waals surface area contributed by atoms with Gasteiger partial charge >= 0.3 is 5.97 Å². The summed E-state index contributed by atoms with van der Waals surface area (Å²) < 4.78 is 14.0. The number of carboxylic acids is 1. The van der Waals surface area contributed by atoms with E-state index in [9.17, 15) is 14.3 Å². The highest BCUT2D eigenvalue weighted by atomic mass is 79.9. The second-order valence-corrected chi connectivity index (χ2v) is 7.13. The van der Waals surface area contributed by atoms with Crippen LogP contribution in [0, 0.1) is 12.7 Å². The molecule has 5 N–H and O–H groups in total. The number of halogens is 2. The Kier molecular flexibility index (Phi) is 4.44. The first kappa shape index (κ1) is 17.7. The number of guanidine groups is 2. The summed E-state index contributed by atoms with van der Waals surface area (Å²) in [7, 11) is 0. The van der Waals surface area contributed by atoms with Crippen LogP contribution in [-0.2, 0) is 0 Å². The number of hydrogen-bond donors (Lipinski definition) is 3. The predicted octanol–water partition coefficient (Wildman–Crippen LogP) is 2.70. The zero-order chi connectivity index (χ0) is 18.4. The van der Waals surface area contributed by atoms with Gasteiger partial charge in [0.05, 0.1) is 10.2 Å². The van der Waals surface area contributed by atoms with Gasteiger partial charge in [0.15, 0.2) is 0 Å². The average molecular weight is 412 g/mol.